The molecule has 0 spiro atoms. The van der Waals surface area contributed by atoms with Gasteiger partial charge in [-0.15, -0.1) is 0 Å². The van der Waals surface area contributed by atoms with Crippen LogP contribution < -0.4 is 38.5 Å². The lowest BCUT2D eigenvalue weighted by Gasteiger charge is -2.25. The number of nitrogens with zero attached hydrogens (tertiary/aromatic N) is 1. The Hall–Kier alpha value is -6.01. The number of guanidine groups is 1. The predicted octanol–water partition coefficient (Wildman–Crippen LogP) is 1.96. The van der Waals surface area contributed by atoms with Gasteiger partial charge in [-0.25, -0.2) is 0 Å². The first-order valence-corrected chi connectivity index (χ1v) is 17.4. The van der Waals surface area contributed by atoms with Crippen molar-refractivity contribution in [3.8, 4) is 11.1 Å². The molecule has 272 valence electrons. The quantitative estimate of drug-likeness (QED) is 0.0438. The Morgan fingerprint density at radius 1 is 0.596 bits per heavy atom. The second-order valence-corrected chi connectivity index (χ2v) is 12.4. The first-order chi connectivity index (χ1) is 25.2. The van der Waals surface area contributed by atoms with Crippen LogP contribution >= 0.6 is 0 Å². The summed E-state index contributed by atoms with van der Waals surface area (Å²) in [6, 6.07) is 33.4. The molecule has 4 amide bonds. The molecule has 52 heavy (non-hydrogen) atoms. The summed E-state index contributed by atoms with van der Waals surface area (Å²) in [5.41, 5.74) is 21.6. The van der Waals surface area contributed by atoms with E-state index in [1.165, 1.54) is 0 Å². The minimum absolute atomic E-state index is 0.0296. The standard InChI is InChI=1S/C40H48N8O4/c41-27-35(46-36(49)26-30-18-20-32(21-19-30)31-15-8-3-9-16-31)39(52)47-33(17-10-23-45-40(42)43)38(51)48-34(25-29-13-6-2-7-14-29)37(50)44-24-22-28-11-4-1-5-12-28/h1-9,11-16,18-21,33-35H,10,17,22-27,41H2,(H,44,50)(H,46,49)(H,47,52)(H,48,51)(H4,42,43,45)/t33-,34+,35+/m1/s1. The molecule has 4 aromatic carbocycles. The van der Waals surface area contributed by atoms with Gasteiger partial charge >= 0.3 is 0 Å². The molecule has 0 bridgehead atoms. The molecule has 12 nitrogen and oxygen atoms in total. The molecule has 0 saturated heterocycles. The number of amides is 4. The topological polar surface area (TPSA) is 207 Å². The highest BCUT2D eigenvalue weighted by Gasteiger charge is 2.29. The maximum absolute atomic E-state index is 13.8. The summed E-state index contributed by atoms with van der Waals surface area (Å²) in [4.78, 5) is 57.7. The van der Waals surface area contributed by atoms with E-state index in [1.54, 1.807) is 0 Å². The van der Waals surface area contributed by atoms with E-state index in [0.29, 0.717) is 19.4 Å². The van der Waals surface area contributed by atoms with E-state index in [1.807, 2.05) is 115 Å². The Balaban J connectivity index is 1.41. The lowest BCUT2D eigenvalue weighted by molar-refractivity contribution is -0.133. The van der Waals surface area contributed by atoms with Crippen molar-refractivity contribution in [2.75, 3.05) is 19.6 Å². The predicted molar refractivity (Wildman–Crippen MR) is 204 cm³/mol. The Labute approximate surface area is 304 Å². The molecule has 0 aromatic heterocycles. The number of aliphatic imine (C=N–C) groups is 1. The fourth-order valence-electron chi connectivity index (χ4n) is 5.58. The Morgan fingerprint density at radius 2 is 1.15 bits per heavy atom. The van der Waals surface area contributed by atoms with Gasteiger partial charge in [0.2, 0.25) is 23.6 Å². The van der Waals surface area contributed by atoms with Crippen LogP contribution in [0.5, 0.6) is 0 Å². The Morgan fingerprint density at radius 3 is 1.77 bits per heavy atom. The number of hydrogen-bond acceptors (Lipinski definition) is 6. The zero-order valence-corrected chi connectivity index (χ0v) is 29.2. The van der Waals surface area contributed by atoms with Crippen LogP contribution in [0.2, 0.25) is 0 Å². The first-order valence-electron chi connectivity index (χ1n) is 17.4. The van der Waals surface area contributed by atoms with Gasteiger partial charge in [-0.05, 0) is 47.1 Å². The molecule has 0 aliphatic rings. The van der Waals surface area contributed by atoms with Gasteiger partial charge in [0.1, 0.15) is 18.1 Å². The van der Waals surface area contributed by atoms with Crippen LogP contribution in [0, 0.1) is 0 Å². The number of hydrogen-bond donors (Lipinski definition) is 7. The van der Waals surface area contributed by atoms with Gasteiger partial charge in [0.25, 0.3) is 0 Å². The molecule has 0 aliphatic heterocycles. The minimum atomic E-state index is -1.11. The smallest absolute Gasteiger partial charge is 0.244 e. The molecule has 4 aromatic rings. The molecule has 3 atom stereocenters. The van der Waals surface area contributed by atoms with Crippen molar-refractivity contribution >= 4 is 29.6 Å². The molecule has 0 unspecified atom stereocenters. The second kappa shape index (κ2) is 20.6. The number of carbonyl (C=O) groups is 4. The van der Waals surface area contributed by atoms with Gasteiger partial charge in [0.15, 0.2) is 5.96 Å². The van der Waals surface area contributed by atoms with Crippen LogP contribution in [0.15, 0.2) is 120 Å². The van der Waals surface area contributed by atoms with E-state index in [-0.39, 0.29) is 44.2 Å². The second-order valence-electron chi connectivity index (χ2n) is 12.4. The normalized spacial score (nSPS) is 12.4. The van der Waals surface area contributed by atoms with Crippen LogP contribution in [0.1, 0.15) is 29.5 Å². The van der Waals surface area contributed by atoms with Crippen LogP contribution in [-0.4, -0.2) is 67.3 Å². The van der Waals surface area contributed by atoms with Crippen molar-refractivity contribution in [1.29, 1.82) is 0 Å². The monoisotopic (exact) mass is 704 g/mol. The number of carbonyl (C=O) groups excluding carboxylic acids is 4. The molecule has 0 radical (unpaired) electrons. The summed E-state index contributed by atoms with van der Waals surface area (Å²) in [5.74, 6) is -2.06. The van der Waals surface area contributed by atoms with Crippen molar-refractivity contribution in [2.45, 2.75) is 50.2 Å². The summed E-state index contributed by atoms with van der Waals surface area (Å²) in [7, 11) is 0. The number of benzene rings is 4. The van der Waals surface area contributed by atoms with Crippen LogP contribution in [0.25, 0.3) is 11.1 Å². The highest BCUT2D eigenvalue weighted by molar-refractivity contribution is 5.94. The fraction of sp³-hybridized carbons (Fsp3) is 0.275. The zero-order valence-electron chi connectivity index (χ0n) is 29.2. The van der Waals surface area contributed by atoms with Gasteiger partial charge in [-0.2, -0.15) is 0 Å². The summed E-state index contributed by atoms with van der Waals surface area (Å²) in [6.45, 7) is 0.389. The van der Waals surface area contributed by atoms with Crippen molar-refractivity contribution in [3.63, 3.8) is 0 Å². The average Bonchev–Trinajstić information content (AvgIpc) is 3.16. The van der Waals surface area contributed by atoms with Gasteiger partial charge in [0, 0.05) is 26.1 Å². The SMILES string of the molecule is NC[C@H](NC(=O)Cc1ccc(-c2ccccc2)cc1)C(=O)N[C@H](CCCN=C(N)N)C(=O)N[C@@H](Cc1ccccc1)C(=O)NCCc1ccccc1. The number of rotatable bonds is 19. The van der Waals surface area contributed by atoms with Crippen LogP contribution in [0.4, 0.5) is 0 Å². The van der Waals surface area contributed by atoms with Crippen LogP contribution in [-0.2, 0) is 38.4 Å². The van der Waals surface area contributed by atoms with Crippen molar-refractivity contribution in [1.82, 2.24) is 21.3 Å². The molecule has 0 fully saturated rings. The molecule has 0 saturated carbocycles. The van der Waals surface area contributed by atoms with E-state index < -0.39 is 35.8 Å². The van der Waals surface area contributed by atoms with E-state index in [0.717, 1.165) is 27.8 Å². The largest absolute Gasteiger partial charge is 0.370 e. The van der Waals surface area contributed by atoms with E-state index in [9.17, 15) is 19.2 Å². The molecule has 0 heterocycles. The summed E-state index contributed by atoms with van der Waals surface area (Å²) in [6.07, 6.45) is 1.38. The molecular formula is C40H48N8O4. The van der Waals surface area contributed by atoms with E-state index in [2.05, 4.69) is 26.3 Å². The molecule has 0 aliphatic carbocycles. The molecule has 4 rings (SSSR count). The van der Waals surface area contributed by atoms with E-state index >= 15 is 0 Å². The minimum Gasteiger partial charge on any atom is -0.370 e. The average molecular weight is 705 g/mol. The van der Waals surface area contributed by atoms with Crippen molar-refractivity contribution < 1.29 is 19.2 Å². The summed E-state index contributed by atoms with van der Waals surface area (Å²) < 4.78 is 0. The van der Waals surface area contributed by atoms with Gasteiger partial charge < -0.3 is 38.5 Å². The third-order valence-corrected chi connectivity index (χ3v) is 8.36. The molecule has 10 N–H and O–H groups in total. The number of nitrogens with one attached hydrogen (secondary N) is 4. The summed E-state index contributed by atoms with van der Waals surface area (Å²) in [5, 5.41) is 11.2. The van der Waals surface area contributed by atoms with Gasteiger partial charge in [-0.3, -0.25) is 24.2 Å². The van der Waals surface area contributed by atoms with E-state index in [4.69, 9.17) is 17.2 Å². The highest BCUT2D eigenvalue weighted by Crippen LogP contribution is 2.19. The van der Waals surface area contributed by atoms with Crippen LogP contribution in [0.3, 0.4) is 0 Å². The lowest BCUT2D eigenvalue weighted by Crippen LogP contribution is -2.58. The maximum atomic E-state index is 13.8. The Bertz CT molecular complexity index is 1750. The first kappa shape index (κ1) is 38.8. The maximum Gasteiger partial charge on any atom is 0.244 e. The lowest BCUT2D eigenvalue weighted by atomic mass is 10.0. The van der Waals surface area contributed by atoms with Gasteiger partial charge in [-0.1, -0.05) is 115 Å². The summed E-state index contributed by atoms with van der Waals surface area (Å²) >= 11 is 0. The van der Waals surface area contributed by atoms with Crippen molar-refractivity contribution in [2.24, 2.45) is 22.2 Å². The molecular weight excluding hydrogens is 656 g/mol. The Kier molecular flexibility index (Phi) is 15.4. The van der Waals surface area contributed by atoms with Gasteiger partial charge in [0.05, 0.1) is 6.42 Å². The highest BCUT2D eigenvalue weighted by atomic mass is 16.2. The van der Waals surface area contributed by atoms with Crippen molar-refractivity contribution in [3.05, 3.63) is 132 Å². The molecule has 12 heteroatoms. The third-order valence-electron chi connectivity index (χ3n) is 8.36. The zero-order chi connectivity index (χ0) is 37.1. The number of nitrogens with two attached hydrogens (primary N) is 3. The fourth-order valence-corrected chi connectivity index (χ4v) is 5.58. The third kappa shape index (κ3) is 13.0.